The average Bonchev–Trinajstić information content (AvgIpc) is 2.40. The minimum absolute atomic E-state index is 0.735. The molecule has 1 saturated carbocycles. The molecule has 1 aliphatic rings. The predicted molar refractivity (Wildman–Crippen MR) is 80.7 cm³/mol. The van der Waals surface area contributed by atoms with Crippen LogP contribution in [0, 0.1) is 5.92 Å². The fourth-order valence-electron chi connectivity index (χ4n) is 2.46. The van der Waals surface area contributed by atoms with Crippen molar-refractivity contribution in [1.82, 2.24) is 5.32 Å². The van der Waals surface area contributed by atoms with Crippen molar-refractivity contribution in [1.29, 1.82) is 0 Å². The Morgan fingerprint density at radius 2 is 1.67 bits per heavy atom. The van der Waals surface area contributed by atoms with Crippen molar-refractivity contribution in [2.24, 2.45) is 5.92 Å². The van der Waals surface area contributed by atoms with Gasteiger partial charge in [0.1, 0.15) is 0 Å². The molecule has 1 heteroatoms. The monoisotopic (exact) mass is 247 g/mol. The highest BCUT2D eigenvalue weighted by molar-refractivity contribution is 5.14. The van der Waals surface area contributed by atoms with Crippen molar-refractivity contribution in [2.75, 3.05) is 0 Å². The molecule has 0 aromatic heterocycles. The van der Waals surface area contributed by atoms with Gasteiger partial charge in [0.25, 0.3) is 0 Å². The number of hydrogen-bond acceptors (Lipinski definition) is 1. The maximum atomic E-state index is 3.69. The van der Waals surface area contributed by atoms with Crippen LogP contribution >= 0.6 is 0 Å². The number of nitrogens with one attached hydrogen (secondary N) is 1. The van der Waals surface area contributed by atoms with Crippen LogP contribution in [0.15, 0.2) is 30.3 Å². The van der Waals surface area contributed by atoms with E-state index < -0.39 is 0 Å². The highest BCUT2D eigenvalue weighted by atomic mass is 14.9. The van der Waals surface area contributed by atoms with E-state index in [1.165, 1.54) is 37.7 Å². The fourth-order valence-corrected chi connectivity index (χ4v) is 2.46. The third kappa shape index (κ3) is 5.68. The van der Waals surface area contributed by atoms with E-state index in [0.717, 1.165) is 18.5 Å². The topological polar surface area (TPSA) is 12.0 Å². The van der Waals surface area contributed by atoms with Gasteiger partial charge in [0, 0.05) is 12.6 Å². The van der Waals surface area contributed by atoms with E-state index in [1.54, 1.807) is 0 Å². The summed E-state index contributed by atoms with van der Waals surface area (Å²) in [5.74, 6) is 0.850. The molecule has 0 aliphatic heterocycles. The maximum Gasteiger partial charge on any atom is 0.0208 e. The molecule has 0 spiro atoms. The van der Waals surface area contributed by atoms with E-state index >= 15 is 0 Å². The van der Waals surface area contributed by atoms with E-state index in [9.17, 15) is 0 Å². The molecule has 102 valence electrons. The summed E-state index contributed by atoms with van der Waals surface area (Å²) in [7, 11) is 0. The molecular formula is C17H29N. The van der Waals surface area contributed by atoms with E-state index in [0.29, 0.717) is 0 Å². The van der Waals surface area contributed by atoms with Crippen molar-refractivity contribution >= 4 is 0 Å². The molecule has 1 aromatic rings. The lowest BCUT2D eigenvalue weighted by Gasteiger charge is -2.29. The lowest BCUT2D eigenvalue weighted by Crippen LogP contribution is -2.36. The smallest absolute Gasteiger partial charge is 0.0208 e. The molecule has 0 radical (unpaired) electrons. The summed E-state index contributed by atoms with van der Waals surface area (Å²) in [6, 6.07) is 11.4. The minimum atomic E-state index is 0.735. The zero-order chi connectivity index (χ0) is 13.2. The zero-order valence-electron chi connectivity index (χ0n) is 12.3. The standard InChI is InChI=1S/C14H21N.C3H8/c1-12-7-5-6-10-14(12)15-11-13-8-3-2-4-9-13;1-3-2/h2-4,8-9,12,14-15H,5-7,10-11H2,1H3;3H2,1-2H3/t12-,14+;/m0./s1. The highest BCUT2D eigenvalue weighted by Crippen LogP contribution is 2.23. The highest BCUT2D eigenvalue weighted by Gasteiger charge is 2.20. The second-order valence-electron chi connectivity index (χ2n) is 5.44. The summed E-state index contributed by atoms with van der Waals surface area (Å²) in [6.07, 6.45) is 6.82. The molecule has 0 unspecified atom stereocenters. The van der Waals surface area contributed by atoms with Crippen LogP contribution in [0.25, 0.3) is 0 Å². The molecular weight excluding hydrogens is 218 g/mol. The first kappa shape index (κ1) is 15.2. The Balaban J connectivity index is 0.000000492. The maximum absolute atomic E-state index is 3.69. The first-order chi connectivity index (χ1) is 8.77. The lowest BCUT2D eigenvalue weighted by atomic mass is 9.86. The van der Waals surface area contributed by atoms with Gasteiger partial charge in [-0.1, -0.05) is 70.4 Å². The molecule has 1 fully saturated rings. The Bertz CT molecular complexity index is 294. The Hall–Kier alpha value is -0.820. The number of rotatable bonds is 3. The SMILES string of the molecule is CCC.C[C@H]1CCCC[C@H]1NCc1ccccc1. The van der Waals surface area contributed by atoms with Gasteiger partial charge in [-0.2, -0.15) is 0 Å². The van der Waals surface area contributed by atoms with Gasteiger partial charge >= 0.3 is 0 Å². The van der Waals surface area contributed by atoms with E-state index in [-0.39, 0.29) is 0 Å². The Labute approximate surface area is 113 Å². The Morgan fingerprint density at radius 1 is 1.06 bits per heavy atom. The van der Waals surface area contributed by atoms with Gasteiger partial charge in [0.05, 0.1) is 0 Å². The van der Waals surface area contributed by atoms with Crippen LogP contribution < -0.4 is 5.32 Å². The van der Waals surface area contributed by atoms with Crippen LogP contribution in [0.1, 0.15) is 58.4 Å². The van der Waals surface area contributed by atoms with Crippen LogP contribution in [-0.2, 0) is 6.54 Å². The molecule has 1 N–H and O–H groups in total. The van der Waals surface area contributed by atoms with Gasteiger partial charge in [-0.05, 0) is 24.3 Å². The van der Waals surface area contributed by atoms with Crippen molar-refractivity contribution < 1.29 is 0 Å². The van der Waals surface area contributed by atoms with E-state index in [2.05, 4.69) is 56.4 Å². The van der Waals surface area contributed by atoms with Gasteiger partial charge < -0.3 is 5.32 Å². The van der Waals surface area contributed by atoms with Crippen molar-refractivity contribution in [2.45, 2.75) is 65.5 Å². The van der Waals surface area contributed by atoms with Crippen molar-refractivity contribution in [3.8, 4) is 0 Å². The van der Waals surface area contributed by atoms with Gasteiger partial charge in [0.15, 0.2) is 0 Å². The second kappa shape index (κ2) is 9.16. The molecule has 0 heterocycles. The Morgan fingerprint density at radius 3 is 2.28 bits per heavy atom. The van der Waals surface area contributed by atoms with Crippen LogP contribution in [0.3, 0.4) is 0 Å². The summed E-state index contributed by atoms with van der Waals surface area (Å²) >= 11 is 0. The fraction of sp³-hybridized carbons (Fsp3) is 0.647. The molecule has 2 atom stereocenters. The quantitative estimate of drug-likeness (QED) is 0.811. The van der Waals surface area contributed by atoms with Gasteiger partial charge in [-0.25, -0.2) is 0 Å². The first-order valence-electron chi connectivity index (χ1n) is 7.55. The van der Waals surface area contributed by atoms with E-state index in [1.807, 2.05) is 0 Å². The van der Waals surface area contributed by atoms with Crippen molar-refractivity contribution in [3.63, 3.8) is 0 Å². The van der Waals surface area contributed by atoms with Crippen LogP contribution in [0.4, 0.5) is 0 Å². The summed E-state index contributed by atoms with van der Waals surface area (Å²) in [4.78, 5) is 0. The van der Waals surface area contributed by atoms with Crippen molar-refractivity contribution in [3.05, 3.63) is 35.9 Å². The van der Waals surface area contributed by atoms with Crippen LogP contribution in [0.5, 0.6) is 0 Å². The average molecular weight is 247 g/mol. The normalized spacial score (nSPS) is 23.1. The molecule has 0 amide bonds. The largest absolute Gasteiger partial charge is 0.310 e. The number of benzene rings is 1. The Kier molecular flexibility index (Phi) is 7.75. The lowest BCUT2D eigenvalue weighted by molar-refractivity contribution is 0.279. The predicted octanol–water partition coefficient (Wildman–Crippen LogP) is 4.77. The molecule has 1 aromatic carbocycles. The van der Waals surface area contributed by atoms with Gasteiger partial charge in [-0.3, -0.25) is 0 Å². The molecule has 0 saturated heterocycles. The molecule has 18 heavy (non-hydrogen) atoms. The summed E-state index contributed by atoms with van der Waals surface area (Å²) in [5, 5.41) is 3.69. The third-order valence-electron chi connectivity index (χ3n) is 3.52. The third-order valence-corrected chi connectivity index (χ3v) is 3.52. The summed E-state index contributed by atoms with van der Waals surface area (Å²) in [6.45, 7) is 7.65. The number of hydrogen-bond donors (Lipinski definition) is 1. The van der Waals surface area contributed by atoms with Gasteiger partial charge in [0.2, 0.25) is 0 Å². The zero-order valence-corrected chi connectivity index (χ0v) is 12.3. The van der Waals surface area contributed by atoms with Crippen LogP contribution in [0.2, 0.25) is 0 Å². The summed E-state index contributed by atoms with van der Waals surface area (Å²) < 4.78 is 0. The summed E-state index contributed by atoms with van der Waals surface area (Å²) in [5.41, 5.74) is 1.40. The second-order valence-corrected chi connectivity index (χ2v) is 5.44. The van der Waals surface area contributed by atoms with Crippen LogP contribution in [-0.4, -0.2) is 6.04 Å². The van der Waals surface area contributed by atoms with E-state index in [4.69, 9.17) is 0 Å². The molecule has 1 aliphatic carbocycles. The minimum Gasteiger partial charge on any atom is -0.310 e. The molecule has 2 rings (SSSR count). The molecule has 0 bridgehead atoms. The molecule has 1 nitrogen and oxygen atoms in total. The van der Waals surface area contributed by atoms with Gasteiger partial charge in [-0.15, -0.1) is 0 Å². The first-order valence-corrected chi connectivity index (χ1v) is 7.55.